The predicted molar refractivity (Wildman–Crippen MR) is 164 cm³/mol. The lowest BCUT2D eigenvalue weighted by atomic mass is 9.71. The Balaban J connectivity index is 1.43. The molecule has 1 fully saturated rings. The average Bonchev–Trinajstić information content (AvgIpc) is 3.30. The van der Waals surface area contributed by atoms with Crippen LogP contribution in [0.2, 0.25) is 0 Å². The Morgan fingerprint density at radius 3 is 2.38 bits per heavy atom. The summed E-state index contributed by atoms with van der Waals surface area (Å²) in [5.41, 5.74) is 11.4. The van der Waals surface area contributed by atoms with Gasteiger partial charge in [0.15, 0.2) is 5.65 Å². The number of carbonyl (C=O) groups excluding carboxylic acids is 2. The summed E-state index contributed by atoms with van der Waals surface area (Å²) in [6.45, 7) is 5.60. The number of benzene rings is 3. The first kappa shape index (κ1) is 27.2. The van der Waals surface area contributed by atoms with E-state index in [9.17, 15) is 9.59 Å². The maximum atomic E-state index is 12.7. The Bertz CT molecular complexity index is 1830. The van der Waals surface area contributed by atoms with Gasteiger partial charge in [-0.25, -0.2) is 14.3 Å². The van der Waals surface area contributed by atoms with Gasteiger partial charge in [0.2, 0.25) is 5.91 Å². The van der Waals surface area contributed by atoms with Crippen molar-refractivity contribution in [3.63, 3.8) is 0 Å². The molecule has 1 aliphatic carbocycles. The number of nitrogens with one attached hydrogen (secondary N) is 1. The molecular formula is C34H33N5O3. The van der Waals surface area contributed by atoms with E-state index in [0.29, 0.717) is 5.65 Å². The molecular weight excluding hydrogens is 526 g/mol. The van der Waals surface area contributed by atoms with E-state index >= 15 is 0 Å². The first-order valence-electron chi connectivity index (χ1n) is 14.1. The number of rotatable bonds is 6. The molecule has 2 amide bonds. The van der Waals surface area contributed by atoms with Crippen molar-refractivity contribution in [2.75, 3.05) is 0 Å². The first-order valence-corrected chi connectivity index (χ1v) is 14.1. The summed E-state index contributed by atoms with van der Waals surface area (Å²) >= 11 is 0. The molecule has 0 saturated heterocycles. The number of aromatic nitrogens is 3. The molecule has 212 valence electrons. The Morgan fingerprint density at radius 1 is 1.00 bits per heavy atom. The lowest BCUT2D eigenvalue weighted by molar-refractivity contribution is -0.113. The molecule has 1 aliphatic rings. The molecule has 8 heteroatoms. The minimum Gasteiger partial charge on any atom is -0.444 e. The Labute approximate surface area is 244 Å². The van der Waals surface area contributed by atoms with E-state index in [-0.39, 0.29) is 0 Å². The second-order valence-electron chi connectivity index (χ2n) is 11.8. The van der Waals surface area contributed by atoms with Crippen LogP contribution in [-0.2, 0) is 15.1 Å². The first-order chi connectivity index (χ1) is 20.1. The van der Waals surface area contributed by atoms with Crippen LogP contribution in [0.3, 0.4) is 0 Å². The SMILES string of the molecule is CC(C)(C)OC(=O)NC1(c2ccc(-c3nc4c5cc(/C=C/C(N)=O)ccc5nn4cc3-c3ccccc3)cc2)CCC1. The van der Waals surface area contributed by atoms with E-state index in [1.165, 1.54) is 6.08 Å². The average molecular weight is 560 g/mol. The Kier molecular flexibility index (Phi) is 6.77. The molecule has 42 heavy (non-hydrogen) atoms. The van der Waals surface area contributed by atoms with Crippen molar-refractivity contribution >= 4 is 34.6 Å². The van der Waals surface area contributed by atoms with Crippen LogP contribution in [0.5, 0.6) is 0 Å². The van der Waals surface area contributed by atoms with Gasteiger partial charge < -0.3 is 15.8 Å². The van der Waals surface area contributed by atoms with Crippen LogP contribution in [0.15, 0.2) is 85.1 Å². The molecule has 5 aromatic rings. The van der Waals surface area contributed by atoms with Crippen LogP contribution in [0.1, 0.15) is 51.2 Å². The van der Waals surface area contributed by atoms with Gasteiger partial charge in [-0.2, -0.15) is 5.10 Å². The van der Waals surface area contributed by atoms with Gasteiger partial charge in [0.05, 0.1) is 16.7 Å². The van der Waals surface area contributed by atoms with Gasteiger partial charge in [-0.05, 0) is 74.9 Å². The monoisotopic (exact) mass is 559 g/mol. The molecule has 0 radical (unpaired) electrons. The van der Waals surface area contributed by atoms with Crippen molar-refractivity contribution < 1.29 is 14.3 Å². The molecule has 0 spiro atoms. The summed E-state index contributed by atoms with van der Waals surface area (Å²) in [5.74, 6) is -0.503. The zero-order valence-corrected chi connectivity index (χ0v) is 23.9. The number of primary amides is 1. The van der Waals surface area contributed by atoms with Crippen molar-refractivity contribution in [3.8, 4) is 22.4 Å². The van der Waals surface area contributed by atoms with E-state index in [1.807, 2.05) is 63.4 Å². The van der Waals surface area contributed by atoms with E-state index in [4.69, 9.17) is 20.6 Å². The second-order valence-corrected chi connectivity index (χ2v) is 11.8. The summed E-state index contributed by atoms with van der Waals surface area (Å²) < 4.78 is 7.36. The highest BCUT2D eigenvalue weighted by atomic mass is 16.6. The van der Waals surface area contributed by atoms with Crippen LogP contribution >= 0.6 is 0 Å². The van der Waals surface area contributed by atoms with E-state index in [1.54, 1.807) is 10.6 Å². The van der Waals surface area contributed by atoms with Crippen LogP contribution in [-0.4, -0.2) is 32.2 Å². The van der Waals surface area contributed by atoms with Gasteiger partial charge in [-0.1, -0.05) is 60.7 Å². The normalized spacial score (nSPS) is 14.6. The zero-order chi connectivity index (χ0) is 29.5. The third-order valence-corrected chi connectivity index (χ3v) is 7.60. The highest BCUT2D eigenvalue weighted by Crippen LogP contribution is 2.42. The molecule has 1 saturated carbocycles. The number of hydrogen-bond donors (Lipinski definition) is 2. The number of ether oxygens (including phenoxy) is 1. The van der Waals surface area contributed by atoms with E-state index < -0.39 is 23.1 Å². The lowest BCUT2D eigenvalue weighted by Crippen LogP contribution is -2.52. The fourth-order valence-electron chi connectivity index (χ4n) is 5.45. The third-order valence-electron chi connectivity index (χ3n) is 7.60. The molecule has 2 heterocycles. The summed E-state index contributed by atoms with van der Waals surface area (Å²) in [7, 11) is 0. The van der Waals surface area contributed by atoms with E-state index in [2.05, 4.69) is 41.7 Å². The minimum atomic E-state index is -0.562. The molecule has 6 rings (SSSR count). The van der Waals surface area contributed by atoms with Crippen molar-refractivity contribution in [3.05, 3.63) is 96.2 Å². The van der Waals surface area contributed by atoms with Gasteiger partial charge in [-0.3, -0.25) is 4.79 Å². The Morgan fingerprint density at radius 2 is 1.74 bits per heavy atom. The molecule has 3 N–H and O–H groups in total. The van der Waals surface area contributed by atoms with Gasteiger partial charge >= 0.3 is 6.09 Å². The summed E-state index contributed by atoms with van der Waals surface area (Å²) in [5, 5.41) is 8.79. The topological polar surface area (TPSA) is 112 Å². The van der Waals surface area contributed by atoms with Crippen molar-refractivity contribution in [2.45, 2.75) is 51.2 Å². The number of fused-ring (bicyclic) bond motifs is 3. The zero-order valence-electron chi connectivity index (χ0n) is 23.9. The van der Waals surface area contributed by atoms with Crippen LogP contribution in [0.25, 0.3) is 45.0 Å². The summed E-state index contributed by atoms with van der Waals surface area (Å²) in [6.07, 6.45) is 7.40. The highest BCUT2D eigenvalue weighted by Gasteiger charge is 2.41. The van der Waals surface area contributed by atoms with E-state index in [0.717, 1.165) is 63.7 Å². The maximum Gasteiger partial charge on any atom is 0.408 e. The second kappa shape index (κ2) is 10.4. The van der Waals surface area contributed by atoms with Crippen LogP contribution < -0.4 is 11.1 Å². The number of alkyl carbamates (subject to hydrolysis) is 1. The molecule has 0 unspecified atom stereocenters. The quantitative estimate of drug-likeness (QED) is 0.227. The number of hydrogen-bond acceptors (Lipinski definition) is 5. The smallest absolute Gasteiger partial charge is 0.408 e. The van der Waals surface area contributed by atoms with Crippen molar-refractivity contribution in [1.29, 1.82) is 0 Å². The van der Waals surface area contributed by atoms with Gasteiger partial charge in [0.25, 0.3) is 0 Å². The number of nitrogens with zero attached hydrogens (tertiary/aromatic N) is 3. The highest BCUT2D eigenvalue weighted by molar-refractivity contribution is 5.97. The summed E-state index contributed by atoms with van der Waals surface area (Å²) in [4.78, 5) is 29.1. The number of nitrogens with two attached hydrogens (primary N) is 1. The molecule has 2 aromatic heterocycles. The fourth-order valence-corrected chi connectivity index (χ4v) is 5.45. The van der Waals surface area contributed by atoms with Gasteiger partial charge in [0.1, 0.15) is 5.60 Å². The predicted octanol–water partition coefficient (Wildman–Crippen LogP) is 6.62. The van der Waals surface area contributed by atoms with Crippen molar-refractivity contribution in [2.24, 2.45) is 5.73 Å². The molecule has 0 atom stereocenters. The fraction of sp³-hybridized carbons (Fsp3) is 0.235. The minimum absolute atomic E-state index is 0.401. The van der Waals surface area contributed by atoms with Crippen molar-refractivity contribution in [1.82, 2.24) is 19.9 Å². The van der Waals surface area contributed by atoms with Crippen LogP contribution in [0, 0.1) is 0 Å². The summed E-state index contributed by atoms with van der Waals surface area (Å²) in [6, 6.07) is 24.2. The van der Waals surface area contributed by atoms with Crippen LogP contribution in [0.4, 0.5) is 4.79 Å². The Hall–Kier alpha value is -4.98. The van der Waals surface area contributed by atoms with Gasteiger partial charge in [0, 0.05) is 28.8 Å². The number of amides is 2. The molecule has 0 aliphatic heterocycles. The largest absolute Gasteiger partial charge is 0.444 e. The lowest BCUT2D eigenvalue weighted by Gasteiger charge is -2.43. The standard InChI is InChI=1S/C34H33N5O3/c1-33(2,3)42-32(41)37-34(18-7-19-34)25-14-12-24(13-15-25)30-27(23-8-5-4-6-9-23)21-39-31(36-30)26-20-22(11-17-29(35)40)10-16-28(26)38-39/h4-6,8-17,20-21H,7,18-19H2,1-3H3,(H2,35,40)(H,37,41)/b17-11+. The van der Waals surface area contributed by atoms with Gasteiger partial charge in [-0.15, -0.1) is 0 Å². The maximum absolute atomic E-state index is 12.7. The molecule has 3 aromatic carbocycles. The third kappa shape index (κ3) is 5.35. The number of carbonyl (C=O) groups is 2. The molecule has 8 nitrogen and oxygen atoms in total. The molecule has 0 bridgehead atoms.